The summed E-state index contributed by atoms with van der Waals surface area (Å²) in [5.41, 5.74) is 3.69. The number of hydrogen-bond acceptors (Lipinski definition) is 4. The molecule has 0 aliphatic carbocycles. The number of anilines is 1. The monoisotopic (exact) mass is 331 g/mol. The van der Waals surface area contributed by atoms with Gasteiger partial charge in [0.15, 0.2) is 5.13 Å². The van der Waals surface area contributed by atoms with Crippen molar-refractivity contribution in [3.63, 3.8) is 0 Å². The van der Waals surface area contributed by atoms with E-state index in [4.69, 9.17) is 0 Å². The molecule has 2 aromatic rings. The smallest absolute Gasteiger partial charge is 0.225 e. The van der Waals surface area contributed by atoms with E-state index in [1.165, 1.54) is 22.5 Å². The summed E-state index contributed by atoms with van der Waals surface area (Å²) in [6, 6.07) is 8.86. The summed E-state index contributed by atoms with van der Waals surface area (Å²) in [4.78, 5) is 17.8. The minimum absolute atomic E-state index is 0.0364. The Balaban J connectivity index is 1.90. The predicted octanol–water partition coefficient (Wildman–Crippen LogP) is 3.55. The van der Waals surface area contributed by atoms with Gasteiger partial charge in [0.05, 0.1) is 5.69 Å². The normalized spacial score (nSPS) is 12.2. The highest BCUT2D eigenvalue weighted by Crippen LogP contribution is 2.20. The standard InChI is InChI=1S/C18H25N3OS/c1-5-21(15(4)22)18-20-17(12-23-18)11-19-14(3)10-16-9-7-6-8-13(16)2/h6-9,12,14,19H,5,10-11H2,1-4H3. The topological polar surface area (TPSA) is 45.2 Å². The molecule has 2 rings (SSSR count). The zero-order valence-corrected chi connectivity index (χ0v) is 15.1. The third kappa shape index (κ3) is 4.88. The molecule has 0 spiro atoms. The van der Waals surface area contributed by atoms with Gasteiger partial charge in [0.25, 0.3) is 0 Å². The van der Waals surface area contributed by atoms with E-state index in [2.05, 4.69) is 48.4 Å². The van der Waals surface area contributed by atoms with Gasteiger partial charge >= 0.3 is 0 Å². The van der Waals surface area contributed by atoms with Crippen LogP contribution < -0.4 is 10.2 Å². The van der Waals surface area contributed by atoms with Crippen LogP contribution in [0.3, 0.4) is 0 Å². The fourth-order valence-corrected chi connectivity index (χ4v) is 3.45. The van der Waals surface area contributed by atoms with E-state index < -0.39 is 0 Å². The summed E-state index contributed by atoms with van der Waals surface area (Å²) in [5, 5.41) is 6.32. The molecule has 4 nitrogen and oxygen atoms in total. The molecule has 0 bridgehead atoms. The molecular weight excluding hydrogens is 306 g/mol. The van der Waals surface area contributed by atoms with Crippen molar-refractivity contribution in [1.29, 1.82) is 0 Å². The lowest BCUT2D eigenvalue weighted by molar-refractivity contribution is -0.116. The Morgan fingerprint density at radius 3 is 2.78 bits per heavy atom. The van der Waals surface area contributed by atoms with Crippen LogP contribution in [0.25, 0.3) is 0 Å². The van der Waals surface area contributed by atoms with Crippen molar-refractivity contribution in [3.05, 3.63) is 46.5 Å². The minimum atomic E-state index is 0.0364. The molecule has 0 saturated carbocycles. The number of thiazole rings is 1. The fraction of sp³-hybridized carbons (Fsp3) is 0.444. The number of aryl methyl sites for hydroxylation is 1. The van der Waals surface area contributed by atoms with Crippen molar-refractivity contribution >= 4 is 22.4 Å². The van der Waals surface area contributed by atoms with E-state index in [1.54, 1.807) is 11.8 Å². The Hall–Kier alpha value is -1.72. The van der Waals surface area contributed by atoms with Crippen molar-refractivity contribution in [2.24, 2.45) is 0 Å². The van der Waals surface area contributed by atoms with Crippen LogP contribution in [-0.4, -0.2) is 23.5 Å². The highest BCUT2D eigenvalue weighted by molar-refractivity contribution is 7.14. The van der Waals surface area contributed by atoms with Gasteiger partial charge in [-0.1, -0.05) is 24.3 Å². The molecule has 5 heteroatoms. The van der Waals surface area contributed by atoms with Crippen LogP contribution in [-0.2, 0) is 17.8 Å². The van der Waals surface area contributed by atoms with Gasteiger partial charge in [-0.05, 0) is 38.3 Å². The first-order chi connectivity index (χ1) is 11.0. The Labute approximate surface area is 142 Å². The van der Waals surface area contributed by atoms with Gasteiger partial charge in [0.1, 0.15) is 0 Å². The molecule has 0 aliphatic rings. The minimum Gasteiger partial charge on any atom is -0.308 e. The first-order valence-electron chi connectivity index (χ1n) is 8.01. The lowest BCUT2D eigenvalue weighted by atomic mass is 10.0. The van der Waals surface area contributed by atoms with E-state index in [0.29, 0.717) is 12.6 Å². The SMILES string of the molecule is CCN(C(C)=O)c1nc(CNC(C)Cc2ccccc2C)cs1. The van der Waals surface area contributed by atoms with E-state index in [0.717, 1.165) is 23.8 Å². The predicted molar refractivity (Wildman–Crippen MR) is 97.0 cm³/mol. The molecule has 0 saturated heterocycles. The largest absolute Gasteiger partial charge is 0.308 e. The number of nitrogens with zero attached hydrogens (tertiary/aromatic N) is 2. The molecule has 124 valence electrons. The van der Waals surface area contributed by atoms with Gasteiger partial charge < -0.3 is 5.32 Å². The number of benzene rings is 1. The molecule has 23 heavy (non-hydrogen) atoms. The van der Waals surface area contributed by atoms with Crippen LogP contribution in [0.2, 0.25) is 0 Å². The van der Waals surface area contributed by atoms with Crippen LogP contribution in [0.5, 0.6) is 0 Å². The molecule has 0 aliphatic heterocycles. The summed E-state index contributed by atoms with van der Waals surface area (Å²) < 4.78 is 0. The maximum atomic E-state index is 11.6. The number of aromatic nitrogens is 1. The average Bonchev–Trinajstić information content (AvgIpc) is 2.96. The zero-order valence-electron chi connectivity index (χ0n) is 14.3. The number of carbonyl (C=O) groups is 1. The molecule has 0 fully saturated rings. The number of rotatable bonds is 7. The van der Waals surface area contributed by atoms with E-state index >= 15 is 0 Å². The Morgan fingerprint density at radius 2 is 2.13 bits per heavy atom. The van der Waals surface area contributed by atoms with E-state index in [9.17, 15) is 4.79 Å². The Morgan fingerprint density at radius 1 is 1.39 bits per heavy atom. The Bertz CT molecular complexity index is 653. The second-order valence-electron chi connectivity index (χ2n) is 5.80. The summed E-state index contributed by atoms with van der Waals surface area (Å²) >= 11 is 1.52. The van der Waals surface area contributed by atoms with Gasteiger partial charge in [-0.15, -0.1) is 11.3 Å². The van der Waals surface area contributed by atoms with Crippen molar-refractivity contribution < 1.29 is 4.79 Å². The highest BCUT2D eigenvalue weighted by atomic mass is 32.1. The maximum Gasteiger partial charge on any atom is 0.225 e. The molecule has 1 unspecified atom stereocenters. The quantitative estimate of drug-likeness (QED) is 0.844. The second kappa shape index (κ2) is 8.22. The third-order valence-corrected chi connectivity index (χ3v) is 4.80. The highest BCUT2D eigenvalue weighted by Gasteiger charge is 2.13. The van der Waals surface area contributed by atoms with Crippen molar-refractivity contribution in [3.8, 4) is 0 Å². The van der Waals surface area contributed by atoms with Gasteiger partial charge in [0.2, 0.25) is 5.91 Å². The summed E-state index contributed by atoms with van der Waals surface area (Å²) in [5.74, 6) is 0.0364. The molecule has 1 atom stereocenters. The van der Waals surface area contributed by atoms with Crippen molar-refractivity contribution in [2.75, 3.05) is 11.4 Å². The second-order valence-corrected chi connectivity index (χ2v) is 6.63. The number of nitrogens with one attached hydrogen (secondary N) is 1. The fourth-order valence-electron chi connectivity index (χ4n) is 2.51. The summed E-state index contributed by atoms with van der Waals surface area (Å²) in [6.45, 7) is 9.25. The van der Waals surface area contributed by atoms with E-state index in [-0.39, 0.29) is 5.91 Å². The van der Waals surface area contributed by atoms with Crippen molar-refractivity contribution in [1.82, 2.24) is 10.3 Å². The van der Waals surface area contributed by atoms with Gasteiger partial charge in [0, 0.05) is 31.4 Å². The average molecular weight is 331 g/mol. The van der Waals surface area contributed by atoms with Crippen LogP contribution in [0.1, 0.15) is 37.6 Å². The molecular formula is C18H25N3OS. The van der Waals surface area contributed by atoms with Gasteiger partial charge in [-0.25, -0.2) is 4.98 Å². The van der Waals surface area contributed by atoms with Gasteiger partial charge in [-0.3, -0.25) is 9.69 Å². The molecule has 1 amide bonds. The number of carbonyl (C=O) groups excluding carboxylic acids is 1. The first kappa shape index (κ1) is 17.6. The lowest BCUT2D eigenvalue weighted by Gasteiger charge is -2.15. The van der Waals surface area contributed by atoms with Crippen LogP contribution >= 0.6 is 11.3 Å². The zero-order chi connectivity index (χ0) is 16.8. The van der Waals surface area contributed by atoms with E-state index in [1.807, 2.05) is 12.3 Å². The maximum absolute atomic E-state index is 11.6. The van der Waals surface area contributed by atoms with Gasteiger partial charge in [-0.2, -0.15) is 0 Å². The third-order valence-electron chi connectivity index (χ3n) is 3.89. The lowest BCUT2D eigenvalue weighted by Crippen LogP contribution is -2.29. The van der Waals surface area contributed by atoms with Crippen molar-refractivity contribution in [2.45, 2.75) is 46.7 Å². The molecule has 0 radical (unpaired) electrons. The van der Waals surface area contributed by atoms with Crippen LogP contribution in [0.4, 0.5) is 5.13 Å². The van der Waals surface area contributed by atoms with Crippen LogP contribution in [0, 0.1) is 6.92 Å². The summed E-state index contributed by atoms with van der Waals surface area (Å²) in [6.07, 6.45) is 0.998. The Kier molecular flexibility index (Phi) is 6.30. The molecule has 1 N–H and O–H groups in total. The number of hydrogen-bond donors (Lipinski definition) is 1. The molecule has 1 aromatic carbocycles. The first-order valence-corrected chi connectivity index (χ1v) is 8.89. The van der Waals surface area contributed by atoms with Crippen LogP contribution in [0.15, 0.2) is 29.6 Å². The number of amides is 1. The molecule has 1 heterocycles. The summed E-state index contributed by atoms with van der Waals surface area (Å²) in [7, 11) is 0. The molecule has 1 aromatic heterocycles.